The lowest BCUT2D eigenvalue weighted by Crippen LogP contribution is -2.45. The van der Waals surface area contributed by atoms with Gasteiger partial charge in [0.05, 0.1) is 31.5 Å². The van der Waals surface area contributed by atoms with Crippen molar-refractivity contribution in [1.82, 2.24) is 29.8 Å². The van der Waals surface area contributed by atoms with E-state index in [4.69, 9.17) is 24.1 Å². The monoisotopic (exact) mass is 1120 g/mol. The molecule has 2 N–H and O–H groups in total. The summed E-state index contributed by atoms with van der Waals surface area (Å²) in [5, 5.41) is 19.2. The lowest BCUT2D eigenvalue weighted by Gasteiger charge is -2.29. The van der Waals surface area contributed by atoms with E-state index in [-0.39, 0.29) is 87.3 Å². The molecule has 2 aliphatic heterocycles. The van der Waals surface area contributed by atoms with E-state index in [9.17, 15) is 50.3 Å². The van der Waals surface area contributed by atoms with Gasteiger partial charge in [-0.25, -0.2) is 4.79 Å². The number of fused-ring (bicyclic) bond motifs is 2. The van der Waals surface area contributed by atoms with Crippen LogP contribution in [-0.4, -0.2) is 110 Å². The van der Waals surface area contributed by atoms with Crippen LogP contribution in [-0.2, 0) is 67.1 Å². The smallest absolute Gasteiger partial charge is 0.435 e. The highest BCUT2D eigenvalue weighted by Gasteiger charge is 2.40. The number of carboxylic acids is 1. The molecule has 18 nitrogen and oxygen atoms in total. The number of esters is 1. The maximum atomic E-state index is 13.7. The first-order valence-corrected chi connectivity index (χ1v) is 26.7. The highest BCUT2D eigenvalue weighted by atomic mass is 19.4. The van der Waals surface area contributed by atoms with Crippen molar-refractivity contribution in [2.45, 2.75) is 167 Å². The number of alkyl halides is 6. The van der Waals surface area contributed by atoms with Gasteiger partial charge in [0.1, 0.15) is 42.5 Å². The predicted octanol–water partition coefficient (Wildman–Crippen LogP) is 10.0. The van der Waals surface area contributed by atoms with Crippen LogP contribution < -0.4 is 24.6 Å². The van der Waals surface area contributed by atoms with Gasteiger partial charge in [-0.2, -0.15) is 36.5 Å². The quantitative estimate of drug-likeness (QED) is 0.0542. The number of carbonyl (C=O) groups excluding carboxylic acids is 4. The normalized spacial score (nSPS) is 15.8. The molecule has 4 aliphatic rings. The van der Waals surface area contributed by atoms with E-state index in [0.717, 1.165) is 68.2 Å². The molecule has 24 heteroatoms. The minimum Gasteiger partial charge on any atom is -0.489 e. The highest BCUT2D eigenvalue weighted by Crippen LogP contribution is 2.39. The van der Waals surface area contributed by atoms with Crippen molar-refractivity contribution in [2.75, 3.05) is 49.1 Å². The van der Waals surface area contributed by atoms with Crippen LogP contribution in [0.15, 0.2) is 48.8 Å². The number of carbonyl (C=O) groups is 5. The summed E-state index contributed by atoms with van der Waals surface area (Å²) in [6.07, 6.45) is 1.10. The van der Waals surface area contributed by atoms with E-state index in [1.54, 1.807) is 82.8 Å². The van der Waals surface area contributed by atoms with Gasteiger partial charge in [0.15, 0.2) is 11.4 Å². The summed E-state index contributed by atoms with van der Waals surface area (Å²) < 4.78 is 107. The summed E-state index contributed by atoms with van der Waals surface area (Å²) in [4.78, 5) is 66.0. The zero-order valence-electron chi connectivity index (χ0n) is 45.4. The van der Waals surface area contributed by atoms with Crippen molar-refractivity contribution >= 4 is 41.2 Å². The van der Waals surface area contributed by atoms with Crippen LogP contribution >= 0.6 is 0 Å². The summed E-state index contributed by atoms with van der Waals surface area (Å²) in [7, 11) is 0. The van der Waals surface area contributed by atoms with Crippen LogP contribution in [0.5, 0.6) is 11.5 Å². The second kappa shape index (κ2) is 25.1. The Kier molecular flexibility index (Phi) is 19.0. The highest BCUT2D eigenvalue weighted by molar-refractivity contribution is 5.98. The van der Waals surface area contributed by atoms with Crippen LogP contribution in [0, 0.1) is 0 Å². The van der Waals surface area contributed by atoms with Crippen LogP contribution in [0.4, 0.5) is 42.5 Å². The van der Waals surface area contributed by atoms with E-state index < -0.39 is 53.0 Å². The third kappa shape index (κ3) is 16.6. The van der Waals surface area contributed by atoms with E-state index >= 15 is 0 Å². The van der Waals surface area contributed by atoms with Gasteiger partial charge in [-0.1, -0.05) is 25.7 Å². The van der Waals surface area contributed by atoms with Crippen molar-refractivity contribution < 1.29 is 74.4 Å². The molecule has 2 fully saturated rings. The van der Waals surface area contributed by atoms with Crippen LogP contribution in [0.1, 0.15) is 151 Å². The van der Waals surface area contributed by atoms with Crippen LogP contribution in [0.3, 0.4) is 0 Å². The number of aliphatic carboxylic acids is 1. The number of aromatic nitrogens is 4. The Bertz CT molecular complexity index is 2810. The second-order valence-electron chi connectivity index (χ2n) is 22.1. The molecule has 0 saturated heterocycles. The van der Waals surface area contributed by atoms with Crippen LogP contribution in [0.25, 0.3) is 0 Å². The van der Waals surface area contributed by atoms with Gasteiger partial charge in [0.2, 0.25) is 11.8 Å². The number of hydrogen-bond donors (Lipinski definition) is 2. The van der Waals surface area contributed by atoms with Gasteiger partial charge < -0.3 is 39.2 Å². The first kappa shape index (κ1) is 59.8. The number of benzene rings is 2. The molecule has 8 rings (SSSR count). The molecule has 0 atom stereocenters. The van der Waals surface area contributed by atoms with Gasteiger partial charge in [-0.3, -0.25) is 33.4 Å². The number of carboxylic acid groups (broad SMARTS) is 1. The van der Waals surface area contributed by atoms with Crippen molar-refractivity contribution in [3.63, 3.8) is 0 Å². The average molecular weight is 1120 g/mol. The van der Waals surface area contributed by atoms with Gasteiger partial charge >= 0.3 is 30.4 Å². The lowest BCUT2D eigenvalue weighted by atomic mass is 10.1. The molecule has 0 spiro atoms. The van der Waals surface area contributed by atoms with Gasteiger partial charge in [-0.05, 0) is 128 Å². The number of halogens is 6. The number of amides is 3. The fraction of sp³-hybridized carbons (Fsp3) is 0.582. The third-order valence-electron chi connectivity index (χ3n) is 13.6. The topological polar surface area (TPSA) is 200 Å². The maximum Gasteiger partial charge on any atom is 0.435 e. The van der Waals surface area contributed by atoms with Crippen molar-refractivity contribution in [3.8, 4) is 11.5 Å². The molecule has 2 aromatic carbocycles. The lowest BCUT2D eigenvalue weighted by molar-refractivity contribution is -0.155. The minimum atomic E-state index is -4.60. The predicted molar refractivity (Wildman–Crippen MR) is 277 cm³/mol. The van der Waals surface area contributed by atoms with E-state index in [0.29, 0.717) is 43.1 Å². The molecule has 2 saturated carbocycles. The van der Waals surface area contributed by atoms with Crippen molar-refractivity contribution in [2.24, 2.45) is 0 Å². The number of anilines is 2. The molecule has 2 aromatic heterocycles. The summed E-state index contributed by atoms with van der Waals surface area (Å²) >= 11 is 0. The molecular weight excluding hydrogens is 1050 g/mol. The number of nitrogens with one attached hydrogen (secondary N) is 1. The number of ether oxygens (including phenoxy) is 4. The molecule has 0 bridgehead atoms. The zero-order chi connectivity index (χ0) is 57.5. The molecule has 0 radical (unpaired) electrons. The largest absolute Gasteiger partial charge is 0.489 e. The van der Waals surface area contributed by atoms with E-state index in [1.165, 1.54) is 31.6 Å². The molecular formula is C55H70F6N8O10. The SMILES string of the molecule is CC(C)(C)OC(=O)CCN(CC(=O)N1CCc2cc(OCc3cn(C4CCCC4)nc3C(F)(F)F)ccc21)C(=O)OC(C)(C)C.O=C(O)CCNCC(=O)N1CCc2cc(OCc3cn(C4CCCC4)nc3C(F)(F)F)ccc21. The van der Waals surface area contributed by atoms with Crippen LogP contribution in [0.2, 0.25) is 0 Å². The molecule has 3 amide bonds. The Morgan fingerprint density at radius 2 is 1.11 bits per heavy atom. The molecule has 4 heterocycles. The van der Waals surface area contributed by atoms with Crippen molar-refractivity contribution in [3.05, 3.63) is 82.4 Å². The number of rotatable bonds is 18. The van der Waals surface area contributed by atoms with E-state index in [2.05, 4.69) is 15.5 Å². The number of hydrogen-bond acceptors (Lipinski definition) is 12. The van der Waals surface area contributed by atoms with E-state index in [1.807, 2.05) is 0 Å². The molecule has 4 aromatic rings. The summed E-state index contributed by atoms with van der Waals surface area (Å²) in [5.74, 6) is -1.19. The van der Waals surface area contributed by atoms with Crippen molar-refractivity contribution in [1.29, 1.82) is 0 Å². The summed E-state index contributed by atoms with van der Waals surface area (Å²) in [6, 6.07) is 10.1. The first-order chi connectivity index (χ1) is 37.1. The fourth-order valence-electron chi connectivity index (χ4n) is 9.95. The Balaban J connectivity index is 0.000000237. The zero-order valence-corrected chi connectivity index (χ0v) is 45.4. The fourth-order valence-corrected chi connectivity index (χ4v) is 9.95. The molecule has 79 heavy (non-hydrogen) atoms. The Morgan fingerprint density at radius 1 is 0.658 bits per heavy atom. The number of nitrogens with zero attached hydrogens (tertiary/aromatic N) is 7. The van der Waals surface area contributed by atoms with Gasteiger partial charge in [-0.15, -0.1) is 0 Å². The maximum absolute atomic E-state index is 13.7. The van der Waals surface area contributed by atoms with Gasteiger partial charge in [0.25, 0.3) is 0 Å². The second-order valence-corrected chi connectivity index (χ2v) is 22.1. The Morgan fingerprint density at radius 3 is 1.54 bits per heavy atom. The molecule has 432 valence electrons. The Hall–Kier alpha value is -6.85. The third-order valence-corrected chi connectivity index (χ3v) is 13.6. The minimum absolute atomic E-state index is 0.00279. The molecule has 2 aliphatic carbocycles. The summed E-state index contributed by atoms with van der Waals surface area (Å²) in [5.41, 5.74) is -0.368. The Labute approximate surface area is 454 Å². The standard InChI is InChI=1S/C32H43F3N4O6.C23H27F3N4O4/c1-30(2,3)44-27(41)14-15-37(29(42)45-31(4,5)6)19-26(40)38-16-13-21-17-24(11-12-25(21)38)43-20-22-18-39(23-9-7-8-10-23)36-28(22)32(33,34)35;24-23(25,26)22-16(13-30(28-22)17-3-1-2-4-17)14-34-18-5-6-19-15(11-18)8-10-29(19)20(31)12-27-9-7-21(32)33/h11-12,17-18,23H,7-10,13-16,19-20H2,1-6H3;5-6,11,13,17,27H,1-4,7-10,12,14H2,(H,32,33). The first-order valence-electron chi connectivity index (χ1n) is 26.7. The summed E-state index contributed by atoms with van der Waals surface area (Å²) in [6.45, 7) is 10.5. The van der Waals surface area contributed by atoms with Gasteiger partial charge in [0, 0.05) is 61.1 Å². The average Bonchev–Trinajstić information content (AvgIpc) is 4.35. The molecule has 0 unspecified atom stereocenters.